The molecular formula is C20H23N3OS2. The smallest absolute Gasteiger partial charge is 0.264 e. The number of benzene rings is 1. The van der Waals surface area contributed by atoms with Crippen molar-refractivity contribution in [3.05, 3.63) is 50.8 Å². The summed E-state index contributed by atoms with van der Waals surface area (Å²) in [6.45, 7) is 8.50. The highest BCUT2D eigenvalue weighted by Crippen LogP contribution is 2.31. The molecule has 0 radical (unpaired) electrons. The molecule has 1 fully saturated rings. The summed E-state index contributed by atoms with van der Waals surface area (Å²) in [7, 11) is 0. The number of rotatable bonds is 4. The van der Waals surface area contributed by atoms with E-state index in [0.717, 1.165) is 55.3 Å². The molecule has 0 aliphatic carbocycles. The van der Waals surface area contributed by atoms with Crippen LogP contribution in [-0.2, 0) is 13.0 Å². The highest BCUT2D eigenvalue weighted by molar-refractivity contribution is 7.21. The lowest BCUT2D eigenvalue weighted by molar-refractivity contribution is 0.0631. The molecule has 0 spiro atoms. The number of hydrogen-bond acceptors (Lipinski definition) is 5. The van der Waals surface area contributed by atoms with E-state index in [1.165, 1.54) is 15.1 Å². The number of aromatic nitrogens is 1. The van der Waals surface area contributed by atoms with Crippen LogP contribution in [0.2, 0.25) is 0 Å². The zero-order valence-electron chi connectivity index (χ0n) is 15.2. The normalized spacial score (nSPS) is 15.7. The van der Waals surface area contributed by atoms with Gasteiger partial charge >= 0.3 is 0 Å². The highest BCUT2D eigenvalue weighted by Gasteiger charge is 2.25. The summed E-state index contributed by atoms with van der Waals surface area (Å²) in [6.07, 6.45) is 1.00. The first kappa shape index (κ1) is 17.6. The third kappa shape index (κ3) is 3.41. The Morgan fingerprint density at radius 3 is 2.65 bits per heavy atom. The highest BCUT2D eigenvalue weighted by atomic mass is 32.1. The van der Waals surface area contributed by atoms with Gasteiger partial charge in [-0.3, -0.25) is 9.69 Å². The molecule has 4 rings (SSSR count). The van der Waals surface area contributed by atoms with Crippen LogP contribution in [0.3, 0.4) is 0 Å². The molecule has 3 heterocycles. The molecule has 1 saturated heterocycles. The predicted molar refractivity (Wildman–Crippen MR) is 109 cm³/mol. The summed E-state index contributed by atoms with van der Waals surface area (Å²) >= 11 is 3.36. The first-order chi connectivity index (χ1) is 12.7. The van der Waals surface area contributed by atoms with Crippen LogP contribution in [0.1, 0.15) is 32.9 Å². The lowest BCUT2D eigenvalue weighted by atomic mass is 10.1. The Morgan fingerprint density at radius 2 is 1.96 bits per heavy atom. The second kappa shape index (κ2) is 7.47. The Morgan fingerprint density at radius 1 is 1.19 bits per heavy atom. The Kier molecular flexibility index (Phi) is 5.07. The summed E-state index contributed by atoms with van der Waals surface area (Å²) in [5.41, 5.74) is 2.28. The summed E-state index contributed by atoms with van der Waals surface area (Å²) in [4.78, 5) is 23.0. The number of thiazole rings is 1. The van der Waals surface area contributed by atoms with Gasteiger partial charge in [0.1, 0.15) is 0 Å². The average molecular weight is 386 g/mol. The van der Waals surface area contributed by atoms with Crippen molar-refractivity contribution < 1.29 is 4.79 Å². The lowest BCUT2D eigenvalue weighted by Crippen LogP contribution is -2.48. The van der Waals surface area contributed by atoms with Gasteiger partial charge in [-0.05, 0) is 30.4 Å². The van der Waals surface area contributed by atoms with Crippen molar-refractivity contribution in [2.24, 2.45) is 0 Å². The topological polar surface area (TPSA) is 36.4 Å². The Hall–Kier alpha value is -1.76. The standard InChI is InChI=1S/C20H23N3OS2/c1-3-18-21-15(13-25-18)12-22-8-10-23(11-9-22)20(24)19-14(2)16-6-4-5-7-17(16)26-19/h4-7,13H,3,8-12H2,1-2H3. The molecule has 0 unspecified atom stereocenters. The van der Waals surface area contributed by atoms with Crippen molar-refractivity contribution in [3.63, 3.8) is 0 Å². The average Bonchev–Trinajstić information content (AvgIpc) is 3.26. The number of hydrogen-bond donors (Lipinski definition) is 0. The fourth-order valence-electron chi connectivity index (χ4n) is 3.44. The van der Waals surface area contributed by atoms with Crippen LogP contribution in [0.5, 0.6) is 0 Å². The summed E-state index contributed by atoms with van der Waals surface area (Å²) in [5, 5.41) is 4.57. The molecule has 0 saturated carbocycles. The molecule has 6 heteroatoms. The fourth-order valence-corrected chi connectivity index (χ4v) is 5.36. The van der Waals surface area contributed by atoms with Crippen molar-refractivity contribution in [1.29, 1.82) is 0 Å². The number of amides is 1. The van der Waals surface area contributed by atoms with Crippen LogP contribution in [0.4, 0.5) is 0 Å². The summed E-state index contributed by atoms with van der Waals surface area (Å²) in [6, 6.07) is 8.28. The molecule has 0 atom stereocenters. The number of aryl methyl sites for hydroxylation is 2. The first-order valence-corrected chi connectivity index (χ1v) is 10.8. The van der Waals surface area contributed by atoms with Gasteiger partial charge in [0.05, 0.1) is 15.6 Å². The minimum atomic E-state index is 0.185. The van der Waals surface area contributed by atoms with Crippen molar-refractivity contribution in [2.45, 2.75) is 26.8 Å². The van der Waals surface area contributed by atoms with Crippen LogP contribution in [0.25, 0.3) is 10.1 Å². The van der Waals surface area contributed by atoms with Crippen LogP contribution in [-0.4, -0.2) is 46.9 Å². The fraction of sp³-hybridized carbons (Fsp3) is 0.400. The molecule has 26 heavy (non-hydrogen) atoms. The molecule has 1 amide bonds. The minimum Gasteiger partial charge on any atom is -0.335 e. The SMILES string of the molecule is CCc1nc(CN2CCN(C(=O)c3sc4ccccc4c3C)CC2)cs1. The maximum Gasteiger partial charge on any atom is 0.264 e. The quantitative estimate of drug-likeness (QED) is 0.676. The van der Waals surface area contributed by atoms with Crippen molar-refractivity contribution in [1.82, 2.24) is 14.8 Å². The van der Waals surface area contributed by atoms with Gasteiger partial charge in [-0.2, -0.15) is 0 Å². The summed E-state index contributed by atoms with van der Waals surface area (Å²) < 4.78 is 1.20. The monoisotopic (exact) mass is 385 g/mol. The number of fused-ring (bicyclic) bond motifs is 1. The molecule has 1 aliphatic heterocycles. The van der Waals surface area contributed by atoms with E-state index in [2.05, 4.69) is 41.2 Å². The molecule has 3 aromatic rings. The van der Waals surface area contributed by atoms with Crippen LogP contribution in [0, 0.1) is 6.92 Å². The molecule has 0 N–H and O–H groups in total. The minimum absolute atomic E-state index is 0.185. The van der Waals surface area contributed by atoms with E-state index in [1.807, 2.05) is 17.0 Å². The van der Waals surface area contributed by atoms with Gasteiger partial charge in [-0.25, -0.2) is 4.98 Å². The van der Waals surface area contributed by atoms with Crippen LogP contribution < -0.4 is 0 Å². The number of carbonyl (C=O) groups is 1. The van der Waals surface area contributed by atoms with E-state index in [0.29, 0.717) is 0 Å². The number of thiophene rings is 1. The van der Waals surface area contributed by atoms with Crippen molar-refractivity contribution in [3.8, 4) is 0 Å². The maximum absolute atomic E-state index is 13.0. The van der Waals surface area contributed by atoms with Crippen molar-refractivity contribution in [2.75, 3.05) is 26.2 Å². The van der Waals surface area contributed by atoms with E-state index in [9.17, 15) is 4.79 Å². The Labute approximate surface area is 162 Å². The van der Waals surface area contributed by atoms with Crippen molar-refractivity contribution >= 4 is 38.7 Å². The van der Waals surface area contributed by atoms with Crippen LogP contribution >= 0.6 is 22.7 Å². The van der Waals surface area contributed by atoms with Gasteiger partial charge in [0.25, 0.3) is 5.91 Å². The Bertz CT molecular complexity index is 922. The molecule has 0 bridgehead atoms. The number of carbonyl (C=O) groups excluding carboxylic acids is 1. The summed E-state index contributed by atoms with van der Waals surface area (Å²) in [5.74, 6) is 0.185. The molecule has 136 valence electrons. The largest absolute Gasteiger partial charge is 0.335 e. The van der Waals surface area contributed by atoms with E-state index in [4.69, 9.17) is 0 Å². The van der Waals surface area contributed by atoms with Gasteiger partial charge in [0.2, 0.25) is 0 Å². The number of piperazine rings is 1. The Balaban J connectivity index is 1.40. The zero-order chi connectivity index (χ0) is 18.1. The van der Waals surface area contributed by atoms with Gasteiger partial charge in [-0.1, -0.05) is 25.1 Å². The second-order valence-electron chi connectivity index (χ2n) is 6.71. The first-order valence-electron chi connectivity index (χ1n) is 9.08. The van der Waals surface area contributed by atoms with Gasteiger partial charge in [-0.15, -0.1) is 22.7 Å². The molecular weight excluding hydrogens is 362 g/mol. The molecule has 4 nitrogen and oxygen atoms in total. The zero-order valence-corrected chi connectivity index (χ0v) is 16.8. The number of nitrogens with zero attached hydrogens (tertiary/aromatic N) is 3. The van der Waals surface area contributed by atoms with E-state index >= 15 is 0 Å². The predicted octanol–water partition coefficient (Wildman–Crippen LogP) is 4.19. The van der Waals surface area contributed by atoms with E-state index in [1.54, 1.807) is 22.7 Å². The van der Waals surface area contributed by atoms with E-state index in [-0.39, 0.29) is 5.91 Å². The second-order valence-corrected chi connectivity index (χ2v) is 8.70. The van der Waals surface area contributed by atoms with Crippen LogP contribution in [0.15, 0.2) is 29.6 Å². The lowest BCUT2D eigenvalue weighted by Gasteiger charge is -2.34. The molecule has 2 aromatic heterocycles. The van der Waals surface area contributed by atoms with Gasteiger partial charge < -0.3 is 4.90 Å². The van der Waals surface area contributed by atoms with Gasteiger partial charge in [0, 0.05) is 42.8 Å². The van der Waals surface area contributed by atoms with E-state index < -0.39 is 0 Å². The molecule has 1 aliphatic rings. The van der Waals surface area contributed by atoms with Gasteiger partial charge in [0.15, 0.2) is 0 Å². The molecule has 1 aromatic carbocycles. The third-order valence-electron chi connectivity index (χ3n) is 4.98. The third-order valence-corrected chi connectivity index (χ3v) is 7.29. The maximum atomic E-state index is 13.0.